The number of benzene rings is 2. The van der Waals surface area contributed by atoms with E-state index in [2.05, 4.69) is 21.2 Å². The first-order valence-corrected chi connectivity index (χ1v) is 6.99. The van der Waals surface area contributed by atoms with Crippen LogP contribution < -0.4 is 5.32 Å². The summed E-state index contributed by atoms with van der Waals surface area (Å²) < 4.78 is 0.952. The maximum atomic E-state index is 11.9. The van der Waals surface area contributed by atoms with Crippen LogP contribution >= 0.6 is 15.9 Å². The van der Waals surface area contributed by atoms with Crippen LogP contribution in [0.5, 0.6) is 0 Å². The maximum absolute atomic E-state index is 11.9. The quantitative estimate of drug-likeness (QED) is 0.865. The van der Waals surface area contributed by atoms with Gasteiger partial charge in [0.15, 0.2) is 5.78 Å². The summed E-state index contributed by atoms with van der Waals surface area (Å²) in [6.45, 7) is 1.51. The van der Waals surface area contributed by atoms with E-state index in [4.69, 9.17) is 0 Å². The maximum Gasteiger partial charge on any atom is 0.228 e. The molecule has 0 aliphatic rings. The molecule has 0 spiro atoms. The lowest BCUT2D eigenvalue weighted by atomic mass is 10.1. The van der Waals surface area contributed by atoms with Gasteiger partial charge in [-0.1, -0.05) is 28.1 Å². The van der Waals surface area contributed by atoms with Crippen molar-refractivity contribution >= 4 is 33.3 Å². The van der Waals surface area contributed by atoms with Gasteiger partial charge in [0.05, 0.1) is 6.42 Å². The number of Topliss-reactive ketones (excluding diaryl/α,β-unsaturated/α-hetero) is 1. The molecular formula is C16H14BrNO2. The normalized spacial score (nSPS) is 10.1. The smallest absolute Gasteiger partial charge is 0.228 e. The number of nitrogens with one attached hydrogen (secondary N) is 1. The van der Waals surface area contributed by atoms with Gasteiger partial charge in [-0.3, -0.25) is 9.59 Å². The van der Waals surface area contributed by atoms with Crippen LogP contribution in [-0.2, 0) is 11.2 Å². The van der Waals surface area contributed by atoms with Crippen molar-refractivity contribution in [3.05, 3.63) is 64.1 Å². The molecule has 0 saturated carbocycles. The number of hydrogen-bond acceptors (Lipinski definition) is 2. The molecule has 20 heavy (non-hydrogen) atoms. The number of rotatable bonds is 4. The molecule has 0 radical (unpaired) electrons. The van der Waals surface area contributed by atoms with Crippen LogP contribution in [0.15, 0.2) is 53.0 Å². The fourth-order valence-corrected chi connectivity index (χ4v) is 2.27. The van der Waals surface area contributed by atoms with Crippen LogP contribution in [0.2, 0.25) is 0 Å². The highest BCUT2D eigenvalue weighted by atomic mass is 79.9. The minimum absolute atomic E-state index is 0.0111. The molecule has 0 aromatic heterocycles. The van der Waals surface area contributed by atoms with Gasteiger partial charge in [0.1, 0.15) is 0 Å². The van der Waals surface area contributed by atoms with E-state index in [1.165, 1.54) is 6.92 Å². The van der Waals surface area contributed by atoms with Gasteiger partial charge in [-0.2, -0.15) is 0 Å². The zero-order valence-electron chi connectivity index (χ0n) is 11.0. The van der Waals surface area contributed by atoms with Crippen LogP contribution in [0.25, 0.3) is 0 Å². The molecule has 102 valence electrons. The molecular weight excluding hydrogens is 318 g/mol. The molecule has 0 atom stereocenters. The lowest BCUT2D eigenvalue weighted by Crippen LogP contribution is -2.14. The predicted molar refractivity (Wildman–Crippen MR) is 82.9 cm³/mol. The minimum Gasteiger partial charge on any atom is -0.326 e. The first kappa shape index (κ1) is 14.5. The van der Waals surface area contributed by atoms with E-state index in [1.54, 1.807) is 24.3 Å². The molecule has 1 amide bonds. The Morgan fingerprint density at radius 3 is 2.40 bits per heavy atom. The molecule has 0 fully saturated rings. The summed E-state index contributed by atoms with van der Waals surface area (Å²) in [5.74, 6) is -0.0734. The molecule has 0 aliphatic heterocycles. The van der Waals surface area contributed by atoms with E-state index in [0.717, 1.165) is 10.0 Å². The third-order valence-electron chi connectivity index (χ3n) is 2.83. The van der Waals surface area contributed by atoms with Gasteiger partial charge in [-0.15, -0.1) is 0 Å². The molecule has 2 aromatic carbocycles. The Morgan fingerprint density at radius 1 is 1.10 bits per heavy atom. The minimum atomic E-state index is -0.0846. The summed E-state index contributed by atoms with van der Waals surface area (Å²) >= 11 is 3.38. The van der Waals surface area contributed by atoms with Crippen molar-refractivity contribution in [3.8, 4) is 0 Å². The molecule has 2 rings (SSSR count). The second-order valence-corrected chi connectivity index (χ2v) is 5.40. The molecule has 0 heterocycles. The van der Waals surface area contributed by atoms with Crippen LogP contribution in [0.4, 0.5) is 5.69 Å². The highest BCUT2D eigenvalue weighted by Crippen LogP contribution is 2.14. The van der Waals surface area contributed by atoms with Crippen LogP contribution in [0.1, 0.15) is 22.8 Å². The molecule has 0 unspecified atom stereocenters. The lowest BCUT2D eigenvalue weighted by molar-refractivity contribution is -0.115. The molecule has 0 bridgehead atoms. The van der Waals surface area contributed by atoms with Gasteiger partial charge in [-0.05, 0) is 48.9 Å². The average molecular weight is 332 g/mol. The number of carbonyl (C=O) groups is 2. The number of halogens is 1. The second kappa shape index (κ2) is 6.48. The number of anilines is 1. The third kappa shape index (κ3) is 4.03. The summed E-state index contributed by atoms with van der Waals surface area (Å²) in [6, 6.07) is 14.5. The van der Waals surface area contributed by atoms with Crippen molar-refractivity contribution in [2.75, 3.05) is 5.32 Å². The SMILES string of the molecule is CC(=O)c1ccc(NC(=O)Cc2cccc(Br)c2)cc1. The van der Waals surface area contributed by atoms with Crippen molar-refractivity contribution in [1.82, 2.24) is 0 Å². The second-order valence-electron chi connectivity index (χ2n) is 4.49. The van der Waals surface area contributed by atoms with E-state index in [9.17, 15) is 9.59 Å². The van der Waals surface area contributed by atoms with E-state index in [1.807, 2.05) is 24.3 Å². The first-order chi connectivity index (χ1) is 9.54. The third-order valence-corrected chi connectivity index (χ3v) is 3.32. The van der Waals surface area contributed by atoms with Crippen molar-refractivity contribution in [2.24, 2.45) is 0 Å². The molecule has 4 heteroatoms. The Balaban J connectivity index is 1.99. The van der Waals surface area contributed by atoms with E-state index >= 15 is 0 Å². The molecule has 3 nitrogen and oxygen atoms in total. The van der Waals surface area contributed by atoms with Crippen LogP contribution in [0, 0.1) is 0 Å². The summed E-state index contributed by atoms with van der Waals surface area (Å²) in [5.41, 5.74) is 2.27. The molecule has 0 aliphatic carbocycles. The topological polar surface area (TPSA) is 46.2 Å². The summed E-state index contributed by atoms with van der Waals surface area (Å²) in [4.78, 5) is 23.1. The summed E-state index contributed by atoms with van der Waals surface area (Å²) in [7, 11) is 0. The number of hydrogen-bond donors (Lipinski definition) is 1. The number of amides is 1. The van der Waals surface area contributed by atoms with Gasteiger partial charge in [0, 0.05) is 15.7 Å². The Kier molecular flexibility index (Phi) is 4.69. The van der Waals surface area contributed by atoms with Gasteiger partial charge in [-0.25, -0.2) is 0 Å². The van der Waals surface area contributed by atoms with Gasteiger partial charge < -0.3 is 5.32 Å². The van der Waals surface area contributed by atoms with E-state index in [-0.39, 0.29) is 11.7 Å². The fraction of sp³-hybridized carbons (Fsp3) is 0.125. The Bertz CT molecular complexity index is 635. The van der Waals surface area contributed by atoms with Crippen LogP contribution in [0.3, 0.4) is 0 Å². The predicted octanol–water partition coefficient (Wildman–Crippen LogP) is 3.83. The van der Waals surface area contributed by atoms with E-state index in [0.29, 0.717) is 17.7 Å². The summed E-state index contributed by atoms with van der Waals surface area (Å²) in [5, 5.41) is 2.81. The fourth-order valence-electron chi connectivity index (χ4n) is 1.83. The van der Waals surface area contributed by atoms with Gasteiger partial charge >= 0.3 is 0 Å². The Hall–Kier alpha value is -1.94. The number of carbonyl (C=O) groups excluding carboxylic acids is 2. The van der Waals surface area contributed by atoms with E-state index < -0.39 is 0 Å². The first-order valence-electron chi connectivity index (χ1n) is 6.20. The highest BCUT2D eigenvalue weighted by Gasteiger charge is 2.05. The largest absolute Gasteiger partial charge is 0.326 e. The lowest BCUT2D eigenvalue weighted by Gasteiger charge is -2.06. The zero-order chi connectivity index (χ0) is 14.5. The highest BCUT2D eigenvalue weighted by molar-refractivity contribution is 9.10. The molecule has 1 N–H and O–H groups in total. The zero-order valence-corrected chi connectivity index (χ0v) is 12.6. The van der Waals surface area contributed by atoms with Gasteiger partial charge in [0.25, 0.3) is 0 Å². The van der Waals surface area contributed by atoms with Crippen molar-refractivity contribution in [3.63, 3.8) is 0 Å². The van der Waals surface area contributed by atoms with Crippen molar-refractivity contribution in [2.45, 2.75) is 13.3 Å². The average Bonchev–Trinajstić information content (AvgIpc) is 2.39. The standard InChI is InChI=1S/C16H14BrNO2/c1-11(19)13-5-7-15(8-6-13)18-16(20)10-12-3-2-4-14(17)9-12/h2-9H,10H2,1H3,(H,18,20). The van der Waals surface area contributed by atoms with Crippen molar-refractivity contribution in [1.29, 1.82) is 0 Å². The summed E-state index contributed by atoms with van der Waals surface area (Å²) in [6.07, 6.45) is 0.313. The number of ketones is 1. The molecule has 0 saturated heterocycles. The Labute approximate surface area is 126 Å². The monoisotopic (exact) mass is 331 g/mol. The Morgan fingerprint density at radius 2 is 1.80 bits per heavy atom. The van der Waals surface area contributed by atoms with Crippen LogP contribution in [-0.4, -0.2) is 11.7 Å². The van der Waals surface area contributed by atoms with Crippen molar-refractivity contribution < 1.29 is 9.59 Å². The molecule has 2 aromatic rings. The van der Waals surface area contributed by atoms with Gasteiger partial charge in [0.2, 0.25) is 5.91 Å².